The average Bonchev–Trinajstić information content (AvgIpc) is 2.98. The molecule has 1 heterocycles. The molecular formula is C21H25ClN4O4. The maximum atomic E-state index is 12.3. The molecule has 0 aliphatic carbocycles. The molecule has 0 spiro atoms. The van der Waals surface area contributed by atoms with Crippen molar-refractivity contribution in [3.63, 3.8) is 0 Å². The zero-order valence-electron chi connectivity index (χ0n) is 17.9. The predicted molar refractivity (Wildman–Crippen MR) is 115 cm³/mol. The van der Waals surface area contributed by atoms with Crippen molar-refractivity contribution < 1.29 is 19.1 Å². The smallest absolute Gasteiger partial charge is 0.412 e. The number of halogens is 1. The normalized spacial score (nSPS) is 11.2. The topological polar surface area (TPSA) is 86.8 Å². The minimum absolute atomic E-state index is 0.0814. The molecule has 2 rings (SSSR count). The van der Waals surface area contributed by atoms with E-state index in [9.17, 15) is 9.59 Å². The summed E-state index contributed by atoms with van der Waals surface area (Å²) in [6.45, 7) is 16.7. The minimum atomic E-state index is -0.688. The van der Waals surface area contributed by atoms with E-state index in [4.69, 9.17) is 22.9 Å². The van der Waals surface area contributed by atoms with E-state index in [1.54, 1.807) is 43.7 Å². The summed E-state index contributed by atoms with van der Waals surface area (Å²) in [5.74, 6) is -0.146. The molecule has 1 amide bonds. The molecule has 0 saturated heterocycles. The molecule has 2 aromatic rings. The van der Waals surface area contributed by atoms with Gasteiger partial charge in [-0.3, -0.25) is 14.8 Å². The monoisotopic (exact) mass is 432 g/mol. The number of anilines is 1. The van der Waals surface area contributed by atoms with E-state index in [1.165, 1.54) is 7.11 Å². The Labute approximate surface area is 180 Å². The molecule has 0 aliphatic heterocycles. The summed E-state index contributed by atoms with van der Waals surface area (Å²) in [6, 6.07) is 4.92. The van der Waals surface area contributed by atoms with Crippen molar-refractivity contribution in [3.05, 3.63) is 40.2 Å². The van der Waals surface area contributed by atoms with E-state index in [0.717, 1.165) is 0 Å². The summed E-state index contributed by atoms with van der Waals surface area (Å²) < 4.78 is 11.5. The van der Waals surface area contributed by atoms with Gasteiger partial charge in [0.2, 0.25) is 0 Å². The van der Waals surface area contributed by atoms with E-state index in [2.05, 4.69) is 20.0 Å². The van der Waals surface area contributed by atoms with Crippen LogP contribution in [0, 0.1) is 6.57 Å². The summed E-state index contributed by atoms with van der Waals surface area (Å²) in [5.41, 5.74) is 0.988. The van der Waals surface area contributed by atoms with Crippen LogP contribution >= 0.6 is 11.6 Å². The second-order valence-electron chi connectivity index (χ2n) is 7.89. The Bertz CT molecular complexity index is 1000. The van der Waals surface area contributed by atoms with Crippen molar-refractivity contribution in [1.82, 2.24) is 9.78 Å². The molecule has 0 bridgehead atoms. The molecule has 1 aromatic carbocycles. The van der Waals surface area contributed by atoms with Crippen molar-refractivity contribution in [2.45, 2.75) is 52.7 Å². The van der Waals surface area contributed by atoms with Gasteiger partial charge in [-0.1, -0.05) is 23.7 Å². The summed E-state index contributed by atoms with van der Waals surface area (Å²) in [5, 5.41) is 7.50. The number of nitrogens with zero attached hydrogens (tertiary/aromatic N) is 3. The lowest BCUT2D eigenvalue weighted by Crippen LogP contribution is -2.28. The van der Waals surface area contributed by atoms with Gasteiger partial charge in [0.05, 0.1) is 20.1 Å². The van der Waals surface area contributed by atoms with Crippen LogP contribution in [0.4, 0.5) is 16.3 Å². The molecular weight excluding hydrogens is 408 g/mol. The lowest BCUT2D eigenvalue weighted by Gasteiger charge is -2.20. The van der Waals surface area contributed by atoms with Gasteiger partial charge in [0.25, 0.3) is 5.69 Å². The number of aromatic nitrogens is 2. The van der Waals surface area contributed by atoms with Gasteiger partial charge in [-0.05, 0) is 46.2 Å². The first-order chi connectivity index (χ1) is 14.0. The quantitative estimate of drug-likeness (QED) is 0.505. The highest BCUT2D eigenvalue weighted by Crippen LogP contribution is 2.41. The predicted octanol–water partition coefficient (Wildman–Crippen LogP) is 5.40. The van der Waals surface area contributed by atoms with E-state index in [0.29, 0.717) is 21.8 Å². The number of carbonyl (C=O) groups excluding carboxylic acids is 2. The zero-order chi connectivity index (χ0) is 22.6. The number of ether oxygens (including phenoxy) is 2. The number of benzene rings is 1. The van der Waals surface area contributed by atoms with Crippen molar-refractivity contribution in [2.75, 3.05) is 12.4 Å². The molecule has 0 fully saturated rings. The maximum absolute atomic E-state index is 12.3. The fourth-order valence-corrected chi connectivity index (χ4v) is 3.00. The van der Waals surface area contributed by atoms with Crippen molar-refractivity contribution in [3.8, 4) is 11.3 Å². The number of rotatable bonds is 5. The second kappa shape index (κ2) is 9.18. The number of esters is 1. The van der Waals surface area contributed by atoms with Crippen LogP contribution in [0.2, 0.25) is 5.02 Å². The Hall–Kier alpha value is -3.05. The Morgan fingerprint density at radius 2 is 2.00 bits per heavy atom. The van der Waals surface area contributed by atoms with Crippen LogP contribution in [0.15, 0.2) is 18.2 Å². The van der Waals surface area contributed by atoms with Crippen molar-refractivity contribution in [1.29, 1.82) is 0 Å². The lowest BCUT2D eigenvalue weighted by atomic mass is 10.1. The lowest BCUT2D eigenvalue weighted by molar-refractivity contribution is -0.139. The molecule has 0 radical (unpaired) electrons. The third kappa shape index (κ3) is 5.51. The summed E-state index contributed by atoms with van der Waals surface area (Å²) >= 11 is 6.44. The Balaban J connectivity index is 2.50. The van der Waals surface area contributed by atoms with Gasteiger partial charge in [-0.25, -0.2) is 9.64 Å². The third-order valence-corrected chi connectivity index (χ3v) is 4.28. The molecule has 0 atom stereocenters. The summed E-state index contributed by atoms with van der Waals surface area (Å²) in [7, 11) is 1.32. The molecule has 1 aromatic heterocycles. The van der Waals surface area contributed by atoms with Crippen LogP contribution in [0.5, 0.6) is 0 Å². The number of amides is 1. The first-order valence-corrected chi connectivity index (χ1v) is 9.70. The number of methoxy groups -OCH3 is 1. The average molecular weight is 433 g/mol. The van der Waals surface area contributed by atoms with E-state index >= 15 is 0 Å². The molecule has 30 heavy (non-hydrogen) atoms. The Kier molecular flexibility index (Phi) is 7.11. The molecule has 8 nitrogen and oxygen atoms in total. The van der Waals surface area contributed by atoms with E-state index < -0.39 is 11.7 Å². The standard InChI is InChI=1S/C21H25ClN4O4/c1-12(2)26-19(24-20(28)30-21(3,4)5)18(23-6)17(25-26)14-9-8-13(10-15(14)22)11-16(27)29-7/h8-10,12H,11H2,1-5,7H3,(H,24,28). The molecule has 0 aliphatic rings. The van der Waals surface area contributed by atoms with Gasteiger partial charge >= 0.3 is 12.1 Å². The number of hydrogen-bond donors (Lipinski definition) is 1. The molecule has 160 valence electrons. The van der Waals surface area contributed by atoms with Gasteiger partial charge in [0.15, 0.2) is 0 Å². The zero-order valence-corrected chi connectivity index (χ0v) is 18.6. The highest BCUT2D eigenvalue weighted by atomic mass is 35.5. The Morgan fingerprint density at radius 3 is 2.50 bits per heavy atom. The van der Waals surface area contributed by atoms with Crippen LogP contribution in [0.1, 0.15) is 46.2 Å². The molecule has 0 unspecified atom stereocenters. The molecule has 0 saturated carbocycles. The van der Waals surface area contributed by atoms with Crippen LogP contribution in [-0.2, 0) is 20.7 Å². The van der Waals surface area contributed by atoms with Crippen LogP contribution in [0.25, 0.3) is 16.1 Å². The maximum Gasteiger partial charge on any atom is 0.412 e. The first-order valence-electron chi connectivity index (χ1n) is 9.32. The second-order valence-corrected chi connectivity index (χ2v) is 8.30. The SMILES string of the molecule is [C-]#[N+]c1c(-c2ccc(CC(=O)OC)cc2Cl)nn(C(C)C)c1NC(=O)OC(C)(C)C. The van der Waals surface area contributed by atoms with Crippen LogP contribution in [0.3, 0.4) is 0 Å². The van der Waals surface area contributed by atoms with Gasteiger partial charge in [-0.15, -0.1) is 0 Å². The minimum Gasteiger partial charge on any atom is -0.469 e. The third-order valence-electron chi connectivity index (χ3n) is 3.97. The van der Waals surface area contributed by atoms with Crippen molar-refractivity contribution >= 4 is 35.2 Å². The van der Waals surface area contributed by atoms with Gasteiger partial charge in [0.1, 0.15) is 17.1 Å². The fraction of sp³-hybridized carbons (Fsp3) is 0.429. The van der Waals surface area contributed by atoms with Gasteiger partial charge in [0, 0.05) is 16.6 Å². The highest BCUT2D eigenvalue weighted by Gasteiger charge is 2.26. The van der Waals surface area contributed by atoms with E-state index in [-0.39, 0.29) is 29.9 Å². The van der Waals surface area contributed by atoms with E-state index in [1.807, 2.05) is 13.8 Å². The highest BCUT2D eigenvalue weighted by molar-refractivity contribution is 6.33. The number of carbonyl (C=O) groups is 2. The first kappa shape index (κ1) is 23.2. The van der Waals surface area contributed by atoms with Crippen LogP contribution < -0.4 is 5.32 Å². The number of hydrogen-bond acceptors (Lipinski definition) is 5. The van der Waals surface area contributed by atoms with Crippen molar-refractivity contribution in [2.24, 2.45) is 0 Å². The number of nitrogens with one attached hydrogen (secondary N) is 1. The van der Waals surface area contributed by atoms with Crippen LogP contribution in [-0.4, -0.2) is 34.6 Å². The Morgan fingerprint density at radius 1 is 1.33 bits per heavy atom. The van der Waals surface area contributed by atoms with Gasteiger partial charge < -0.3 is 9.47 Å². The summed E-state index contributed by atoms with van der Waals surface area (Å²) in [6.07, 6.45) is -0.599. The van der Waals surface area contributed by atoms with Gasteiger partial charge in [-0.2, -0.15) is 5.10 Å². The summed E-state index contributed by atoms with van der Waals surface area (Å²) in [4.78, 5) is 27.4. The molecule has 1 N–H and O–H groups in total. The fourth-order valence-electron chi connectivity index (χ4n) is 2.70. The molecule has 9 heteroatoms. The largest absolute Gasteiger partial charge is 0.469 e.